The number of hydrogen-bond acceptors (Lipinski definition) is 5. The number of amides is 2. The van der Waals surface area contributed by atoms with Crippen LogP contribution >= 0.6 is 0 Å². The quantitative estimate of drug-likeness (QED) is 0.585. The molecule has 11 heteroatoms. The third kappa shape index (κ3) is 6.58. The molecule has 34 heavy (non-hydrogen) atoms. The summed E-state index contributed by atoms with van der Waals surface area (Å²) in [6.45, 7) is 5.86. The largest absolute Gasteiger partial charge is 0.340 e. The molecule has 0 unspecified atom stereocenters. The number of halogens is 2. The number of carbonyl (C=O) groups excluding carboxylic acids is 2. The second-order valence-corrected chi connectivity index (χ2v) is 9.94. The summed E-state index contributed by atoms with van der Waals surface area (Å²) in [4.78, 5) is 28.0. The van der Waals surface area contributed by atoms with E-state index in [1.54, 1.807) is 4.90 Å². The van der Waals surface area contributed by atoms with Crippen LogP contribution in [0.3, 0.4) is 0 Å². The van der Waals surface area contributed by atoms with E-state index in [0.29, 0.717) is 32.2 Å². The number of carbonyl (C=O) groups is 2. The summed E-state index contributed by atoms with van der Waals surface area (Å²) in [6.07, 6.45) is -0.0734. The molecule has 2 aromatic carbocycles. The number of rotatable bonds is 8. The van der Waals surface area contributed by atoms with Crippen LogP contribution in [-0.4, -0.2) is 69.3 Å². The van der Waals surface area contributed by atoms with Gasteiger partial charge in [-0.05, 0) is 49.2 Å². The molecule has 0 atom stereocenters. The molecule has 0 aliphatic carbocycles. The maximum absolute atomic E-state index is 13.3. The first-order valence-corrected chi connectivity index (χ1v) is 12.4. The summed E-state index contributed by atoms with van der Waals surface area (Å²) in [5.74, 6) is -2.76. The Morgan fingerprint density at radius 2 is 1.71 bits per heavy atom. The van der Waals surface area contributed by atoms with Crippen molar-refractivity contribution in [3.05, 3.63) is 59.2 Å². The summed E-state index contributed by atoms with van der Waals surface area (Å²) < 4.78 is 52.9. The van der Waals surface area contributed by atoms with E-state index in [1.165, 1.54) is 0 Å². The molecular weight excluding hydrogens is 466 g/mol. The second kappa shape index (κ2) is 11.0. The van der Waals surface area contributed by atoms with Gasteiger partial charge in [-0.15, -0.1) is 0 Å². The maximum Gasteiger partial charge on any atom is 0.240 e. The van der Waals surface area contributed by atoms with Crippen molar-refractivity contribution in [1.82, 2.24) is 14.5 Å². The second-order valence-electron chi connectivity index (χ2n) is 8.18. The zero-order valence-corrected chi connectivity index (χ0v) is 19.9. The molecule has 2 N–H and O–H groups in total. The Balaban J connectivity index is 1.41. The van der Waals surface area contributed by atoms with Gasteiger partial charge in [-0.1, -0.05) is 12.1 Å². The van der Waals surface area contributed by atoms with Crippen molar-refractivity contribution < 1.29 is 26.8 Å². The molecule has 0 saturated carbocycles. The van der Waals surface area contributed by atoms with E-state index >= 15 is 0 Å². The van der Waals surface area contributed by atoms with Crippen LogP contribution in [0.15, 0.2) is 41.3 Å². The highest BCUT2D eigenvalue weighted by Crippen LogP contribution is 2.18. The summed E-state index contributed by atoms with van der Waals surface area (Å²) in [5, 5.41) is 2.92. The molecule has 1 aliphatic heterocycles. The number of sulfonamides is 1. The van der Waals surface area contributed by atoms with Crippen LogP contribution < -0.4 is 10.0 Å². The van der Waals surface area contributed by atoms with Gasteiger partial charge >= 0.3 is 0 Å². The van der Waals surface area contributed by atoms with Gasteiger partial charge in [0.2, 0.25) is 21.8 Å². The molecule has 1 saturated heterocycles. The molecule has 0 bridgehead atoms. The van der Waals surface area contributed by atoms with Crippen molar-refractivity contribution in [2.75, 3.05) is 44.6 Å². The third-order valence-corrected chi connectivity index (χ3v) is 7.26. The van der Waals surface area contributed by atoms with Crippen molar-refractivity contribution in [2.24, 2.45) is 0 Å². The van der Waals surface area contributed by atoms with Crippen molar-refractivity contribution in [3.8, 4) is 0 Å². The minimum Gasteiger partial charge on any atom is -0.340 e. The Hall–Kier alpha value is -2.89. The van der Waals surface area contributed by atoms with Gasteiger partial charge in [0, 0.05) is 44.8 Å². The van der Waals surface area contributed by atoms with E-state index in [9.17, 15) is 26.8 Å². The predicted molar refractivity (Wildman–Crippen MR) is 124 cm³/mol. The first-order chi connectivity index (χ1) is 16.1. The van der Waals surface area contributed by atoms with Crippen LogP contribution in [0.2, 0.25) is 0 Å². The first-order valence-electron chi connectivity index (χ1n) is 10.9. The Kier molecular flexibility index (Phi) is 8.34. The van der Waals surface area contributed by atoms with Gasteiger partial charge in [0.25, 0.3) is 0 Å². The Morgan fingerprint density at radius 3 is 2.38 bits per heavy atom. The van der Waals surface area contributed by atoms with Crippen molar-refractivity contribution >= 4 is 27.5 Å². The lowest BCUT2D eigenvalue weighted by Crippen LogP contribution is -2.50. The Labute approximate surface area is 198 Å². The van der Waals surface area contributed by atoms with Gasteiger partial charge in [-0.3, -0.25) is 14.5 Å². The van der Waals surface area contributed by atoms with Crippen LogP contribution in [-0.2, 0) is 19.6 Å². The van der Waals surface area contributed by atoms with Gasteiger partial charge in [0.1, 0.15) is 0 Å². The smallest absolute Gasteiger partial charge is 0.240 e. The highest BCUT2D eigenvalue weighted by molar-refractivity contribution is 7.89. The summed E-state index contributed by atoms with van der Waals surface area (Å²) >= 11 is 0. The van der Waals surface area contributed by atoms with Gasteiger partial charge in [-0.2, -0.15) is 0 Å². The summed E-state index contributed by atoms with van der Waals surface area (Å²) in [6, 6.07) is 8.01. The molecule has 1 aliphatic rings. The van der Waals surface area contributed by atoms with Gasteiger partial charge in [0.15, 0.2) is 11.6 Å². The van der Waals surface area contributed by atoms with E-state index in [0.717, 1.165) is 28.9 Å². The highest BCUT2D eigenvalue weighted by Gasteiger charge is 2.23. The van der Waals surface area contributed by atoms with Crippen molar-refractivity contribution in [2.45, 2.75) is 25.2 Å². The topological polar surface area (TPSA) is 98.8 Å². The average Bonchev–Trinajstić information content (AvgIpc) is 2.79. The normalized spacial score (nSPS) is 14.8. The average molecular weight is 495 g/mol. The lowest BCUT2D eigenvalue weighted by Gasteiger charge is -2.34. The van der Waals surface area contributed by atoms with Crippen molar-refractivity contribution in [3.63, 3.8) is 0 Å². The minimum absolute atomic E-state index is 0.0734. The number of piperazine rings is 1. The van der Waals surface area contributed by atoms with Crippen LogP contribution in [0.5, 0.6) is 0 Å². The van der Waals surface area contributed by atoms with Gasteiger partial charge < -0.3 is 10.2 Å². The molecule has 0 radical (unpaired) electrons. The van der Waals surface area contributed by atoms with E-state index in [4.69, 9.17) is 0 Å². The number of hydrogen-bond donors (Lipinski definition) is 2. The van der Waals surface area contributed by atoms with Gasteiger partial charge in [0.05, 0.1) is 11.4 Å². The standard InChI is InChI=1S/C23H28F2N4O4S/c1-16-4-3-5-21(17(16)2)27-22(30)15-28-10-12-29(13-11-28)23(31)8-9-26-34(32,33)18-6-7-19(24)20(25)14-18/h3-7,14,26H,8-13,15H2,1-2H3,(H,27,30). The number of nitrogens with one attached hydrogen (secondary N) is 2. The summed E-state index contributed by atoms with van der Waals surface area (Å²) in [7, 11) is -4.06. The molecular formula is C23H28F2N4O4S. The summed E-state index contributed by atoms with van der Waals surface area (Å²) in [5.41, 5.74) is 2.90. The van der Waals surface area contributed by atoms with Crippen LogP contribution in [0, 0.1) is 25.5 Å². The number of nitrogens with zero attached hydrogens (tertiary/aromatic N) is 2. The number of benzene rings is 2. The van der Waals surface area contributed by atoms with E-state index in [1.807, 2.05) is 36.9 Å². The maximum atomic E-state index is 13.3. The number of anilines is 1. The molecule has 2 amide bonds. The molecule has 8 nitrogen and oxygen atoms in total. The van der Waals surface area contributed by atoms with Gasteiger partial charge in [-0.25, -0.2) is 21.9 Å². The molecule has 0 aromatic heterocycles. The fourth-order valence-corrected chi connectivity index (χ4v) is 4.66. The van der Waals surface area contributed by atoms with Crippen LogP contribution in [0.25, 0.3) is 0 Å². The minimum atomic E-state index is -4.06. The molecule has 2 aromatic rings. The third-order valence-electron chi connectivity index (χ3n) is 5.80. The molecule has 0 spiro atoms. The zero-order chi connectivity index (χ0) is 24.9. The van der Waals surface area contributed by atoms with E-state index < -0.39 is 26.6 Å². The first kappa shape index (κ1) is 25.7. The Morgan fingerprint density at radius 1 is 1.00 bits per heavy atom. The van der Waals surface area contributed by atoms with Crippen LogP contribution in [0.4, 0.5) is 14.5 Å². The lowest BCUT2D eigenvalue weighted by atomic mass is 10.1. The highest BCUT2D eigenvalue weighted by atomic mass is 32.2. The molecule has 1 fully saturated rings. The predicted octanol–water partition coefficient (Wildman–Crippen LogP) is 2.03. The van der Waals surface area contributed by atoms with Crippen molar-refractivity contribution in [1.29, 1.82) is 0 Å². The SMILES string of the molecule is Cc1cccc(NC(=O)CN2CCN(C(=O)CCNS(=O)(=O)c3ccc(F)c(F)c3)CC2)c1C. The van der Waals surface area contributed by atoms with E-state index in [-0.39, 0.29) is 31.3 Å². The Bertz CT molecular complexity index is 1170. The molecule has 3 rings (SSSR count). The fraction of sp³-hybridized carbons (Fsp3) is 0.391. The molecule has 184 valence electrons. The fourth-order valence-electron chi connectivity index (χ4n) is 3.61. The van der Waals surface area contributed by atoms with E-state index in [2.05, 4.69) is 10.0 Å². The monoisotopic (exact) mass is 494 g/mol. The van der Waals surface area contributed by atoms with Crippen LogP contribution in [0.1, 0.15) is 17.5 Å². The lowest BCUT2D eigenvalue weighted by molar-refractivity contribution is -0.132. The number of aryl methyl sites for hydroxylation is 1. The molecule has 1 heterocycles. The zero-order valence-electron chi connectivity index (χ0n) is 19.1.